The Labute approximate surface area is 175 Å². The van der Waals surface area contributed by atoms with Gasteiger partial charge in [0, 0.05) is 11.7 Å². The van der Waals surface area contributed by atoms with E-state index in [1.165, 1.54) is 0 Å². The molecule has 1 aliphatic rings. The topological polar surface area (TPSA) is 68.8 Å². The van der Waals surface area contributed by atoms with Gasteiger partial charge in [0.2, 0.25) is 6.79 Å². The zero-order valence-electron chi connectivity index (χ0n) is 16.8. The molecule has 3 aromatic carbocycles. The molecule has 1 aliphatic heterocycles. The molecule has 6 heteroatoms. The highest BCUT2D eigenvalue weighted by Gasteiger charge is 2.18. The summed E-state index contributed by atoms with van der Waals surface area (Å²) in [5.74, 6) is 2.24. The first-order valence-corrected chi connectivity index (χ1v) is 9.83. The molecule has 0 fully saturated rings. The quantitative estimate of drug-likeness (QED) is 0.612. The Morgan fingerprint density at radius 1 is 0.933 bits per heavy atom. The monoisotopic (exact) mass is 404 g/mol. The van der Waals surface area contributed by atoms with Crippen LogP contribution in [0.4, 0.5) is 10.5 Å². The molecular weight excluding hydrogens is 380 g/mol. The van der Waals surface area contributed by atoms with Crippen LogP contribution in [0.15, 0.2) is 72.8 Å². The highest BCUT2D eigenvalue weighted by molar-refractivity contribution is 5.89. The normalized spacial score (nSPS) is 12.8. The van der Waals surface area contributed by atoms with E-state index >= 15 is 0 Å². The van der Waals surface area contributed by atoms with Crippen molar-refractivity contribution < 1.29 is 19.0 Å². The van der Waals surface area contributed by atoms with E-state index in [0.717, 1.165) is 28.4 Å². The summed E-state index contributed by atoms with van der Waals surface area (Å²) in [6.07, 6.45) is 1.38. The number of fused-ring (bicyclic) bond motifs is 1. The average molecular weight is 404 g/mol. The Morgan fingerprint density at radius 3 is 2.43 bits per heavy atom. The number of urea groups is 1. The van der Waals surface area contributed by atoms with Gasteiger partial charge in [0.15, 0.2) is 11.5 Å². The number of ether oxygens (including phenoxy) is 3. The van der Waals surface area contributed by atoms with E-state index in [9.17, 15) is 4.79 Å². The average Bonchev–Trinajstić information content (AvgIpc) is 3.23. The maximum Gasteiger partial charge on any atom is 0.319 e. The van der Waals surface area contributed by atoms with Gasteiger partial charge in [-0.3, -0.25) is 0 Å². The second kappa shape index (κ2) is 9.22. The van der Waals surface area contributed by atoms with E-state index in [0.29, 0.717) is 18.5 Å². The summed E-state index contributed by atoms with van der Waals surface area (Å²) in [5, 5.41) is 5.99. The Kier molecular flexibility index (Phi) is 6.03. The minimum Gasteiger partial charge on any atom is -0.497 e. The van der Waals surface area contributed by atoms with Crippen molar-refractivity contribution in [2.75, 3.05) is 19.2 Å². The molecule has 154 valence electrons. The third-order valence-electron chi connectivity index (χ3n) is 4.93. The van der Waals surface area contributed by atoms with E-state index in [2.05, 4.69) is 22.8 Å². The lowest BCUT2D eigenvalue weighted by atomic mass is 9.98. The van der Waals surface area contributed by atoms with E-state index in [-0.39, 0.29) is 18.9 Å². The SMILES string of the molecule is COc1ccc(NC(=O)N[C@H](Cc2ccccc2)Cc2ccc3c(c2)OCO3)cc1. The molecule has 3 aromatic rings. The fourth-order valence-corrected chi connectivity index (χ4v) is 3.45. The zero-order valence-corrected chi connectivity index (χ0v) is 16.8. The van der Waals surface area contributed by atoms with Crippen LogP contribution >= 0.6 is 0 Å². The van der Waals surface area contributed by atoms with Crippen molar-refractivity contribution in [1.29, 1.82) is 0 Å². The van der Waals surface area contributed by atoms with Crippen LogP contribution in [0.3, 0.4) is 0 Å². The van der Waals surface area contributed by atoms with Crippen molar-refractivity contribution in [3.63, 3.8) is 0 Å². The van der Waals surface area contributed by atoms with Gasteiger partial charge in [0.05, 0.1) is 7.11 Å². The zero-order chi connectivity index (χ0) is 20.8. The Morgan fingerprint density at radius 2 is 1.67 bits per heavy atom. The standard InChI is InChI=1S/C24H24N2O4/c1-28-21-10-8-19(9-11-21)25-24(27)26-20(13-17-5-3-2-4-6-17)14-18-7-12-22-23(15-18)30-16-29-22/h2-12,15,20H,13-14,16H2,1H3,(H2,25,26,27)/t20-/m1/s1. The molecule has 2 amide bonds. The molecule has 0 aromatic heterocycles. The van der Waals surface area contributed by atoms with Gasteiger partial charge < -0.3 is 24.8 Å². The number of methoxy groups -OCH3 is 1. The number of hydrogen-bond donors (Lipinski definition) is 2. The lowest BCUT2D eigenvalue weighted by molar-refractivity contribution is 0.174. The summed E-state index contributed by atoms with van der Waals surface area (Å²) in [4.78, 5) is 12.6. The molecule has 2 N–H and O–H groups in total. The largest absolute Gasteiger partial charge is 0.497 e. The molecule has 6 nitrogen and oxygen atoms in total. The van der Waals surface area contributed by atoms with E-state index in [1.54, 1.807) is 7.11 Å². The first-order valence-electron chi connectivity index (χ1n) is 9.83. The van der Waals surface area contributed by atoms with Gasteiger partial charge >= 0.3 is 6.03 Å². The Hall–Kier alpha value is -3.67. The number of anilines is 1. The maximum atomic E-state index is 12.6. The predicted octanol–water partition coefficient (Wildman–Crippen LogP) is 4.40. The minimum absolute atomic E-state index is 0.0916. The fourth-order valence-electron chi connectivity index (χ4n) is 3.45. The number of carbonyl (C=O) groups is 1. The third kappa shape index (κ3) is 5.03. The second-order valence-electron chi connectivity index (χ2n) is 7.11. The first kappa shape index (κ1) is 19.6. The molecule has 0 bridgehead atoms. The molecule has 1 atom stereocenters. The third-order valence-corrected chi connectivity index (χ3v) is 4.93. The van der Waals surface area contributed by atoms with Gasteiger partial charge in [-0.25, -0.2) is 4.79 Å². The number of benzene rings is 3. The molecule has 4 rings (SSSR count). The highest BCUT2D eigenvalue weighted by atomic mass is 16.7. The maximum absolute atomic E-state index is 12.6. The molecule has 30 heavy (non-hydrogen) atoms. The predicted molar refractivity (Wildman–Crippen MR) is 115 cm³/mol. The van der Waals surface area contributed by atoms with Crippen molar-refractivity contribution >= 4 is 11.7 Å². The summed E-state index contributed by atoms with van der Waals surface area (Å²) < 4.78 is 16.0. The highest BCUT2D eigenvalue weighted by Crippen LogP contribution is 2.33. The van der Waals surface area contributed by atoms with Crippen LogP contribution in [-0.2, 0) is 12.8 Å². The van der Waals surface area contributed by atoms with Crippen LogP contribution in [0.5, 0.6) is 17.2 Å². The van der Waals surface area contributed by atoms with Crippen LogP contribution in [0.1, 0.15) is 11.1 Å². The molecule has 0 unspecified atom stereocenters. The lowest BCUT2D eigenvalue weighted by Gasteiger charge is -2.20. The number of amides is 2. The van der Waals surface area contributed by atoms with E-state index < -0.39 is 0 Å². The smallest absolute Gasteiger partial charge is 0.319 e. The molecule has 0 radical (unpaired) electrons. The van der Waals surface area contributed by atoms with E-state index in [4.69, 9.17) is 14.2 Å². The van der Waals surface area contributed by atoms with Gasteiger partial charge in [-0.05, 0) is 60.4 Å². The van der Waals surface area contributed by atoms with Gasteiger partial charge in [-0.2, -0.15) is 0 Å². The van der Waals surface area contributed by atoms with Crippen molar-refractivity contribution in [3.8, 4) is 17.2 Å². The molecule has 1 heterocycles. The number of hydrogen-bond acceptors (Lipinski definition) is 4. The van der Waals surface area contributed by atoms with Gasteiger partial charge in [0.25, 0.3) is 0 Å². The van der Waals surface area contributed by atoms with Crippen LogP contribution < -0.4 is 24.8 Å². The lowest BCUT2D eigenvalue weighted by Crippen LogP contribution is -2.40. The van der Waals surface area contributed by atoms with Crippen molar-refractivity contribution in [2.45, 2.75) is 18.9 Å². The summed E-state index contributed by atoms with van der Waals surface area (Å²) in [6, 6.07) is 22.9. The summed E-state index contributed by atoms with van der Waals surface area (Å²) in [7, 11) is 1.61. The summed E-state index contributed by atoms with van der Waals surface area (Å²) >= 11 is 0. The van der Waals surface area contributed by atoms with Crippen molar-refractivity contribution in [2.24, 2.45) is 0 Å². The fraction of sp³-hybridized carbons (Fsp3) is 0.208. The molecule has 0 spiro atoms. The van der Waals surface area contributed by atoms with Gasteiger partial charge in [-0.1, -0.05) is 36.4 Å². The van der Waals surface area contributed by atoms with E-state index in [1.807, 2.05) is 60.7 Å². The first-order chi connectivity index (χ1) is 14.7. The van der Waals surface area contributed by atoms with Crippen LogP contribution in [0, 0.1) is 0 Å². The summed E-state index contributed by atoms with van der Waals surface area (Å²) in [5.41, 5.74) is 2.94. The van der Waals surface area contributed by atoms with Gasteiger partial charge in [-0.15, -0.1) is 0 Å². The number of rotatable bonds is 7. The van der Waals surface area contributed by atoms with Crippen molar-refractivity contribution in [3.05, 3.63) is 83.9 Å². The number of carbonyl (C=O) groups excluding carboxylic acids is 1. The Balaban J connectivity index is 1.45. The van der Waals surface area contributed by atoms with Crippen LogP contribution in [0.25, 0.3) is 0 Å². The summed E-state index contributed by atoms with van der Waals surface area (Å²) in [6.45, 7) is 0.245. The molecule has 0 aliphatic carbocycles. The molecule has 0 saturated heterocycles. The van der Waals surface area contributed by atoms with Crippen LogP contribution in [-0.4, -0.2) is 26.0 Å². The molecular formula is C24H24N2O4. The second-order valence-corrected chi connectivity index (χ2v) is 7.11. The number of nitrogens with one attached hydrogen (secondary N) is 2. The Bertz CT molecular complexity index is 990. The molecule has 0 saturated carbocycles. The minimum atomic E-state index is -0.248. The van der Waals surface area contributed by atoms with Crippen molar-refractivity contribution in [1.82, 2.24) is 5.32 Å². The van der Waals surface area contributed by atoms with Gasteiger partial charge in [0.1, 0.15) is 5.75 Å². The van der Waals surface area contributed by atoms with Crippen LogP contribution in [0.2, 0.25) is 0 Å².